The molecule has 2 rings (SSSR count). The molecule has 1 unspecified atom stereocenters. The maximum absolute atomic E-state index is 12.4. The van der Waals surface area contributed by atoms with E-state index >= 15 is 0 Å². The van der Waals surface area contributed by atoms with Gasteiger partial charge in [0.2, 0.25) is 0 Å². The van der Waals surface area contributed by atoms with Crippen LogP contribution in [0.2, 0.25) is 0 Å². The van der Waals surface area contributed by atoms with Crippen LogP contribution >= 0.6 is 12.4 Å². The molecule has 0 aliphatic carbocycles. The van der Waals surface area contributed by atoms with Gasteiger partial charge in [0.25, 0.3) is 5.91 Å². The third-order valence-electron chi connectivity index (χ3n) is 4.05. The van der Waals surface area contributed by atoms with Crippen molar-refractivity contribution in [1.82, 2.24) is 4.90 Å². The minimum absolute atomic E-state index is 0. The molecule has 3 atom stereocenters. The molecule has 5 nitrogen and oxygen atoms in total. The molecule has 2 N–H and O–H groups in total. The van der Waals surface area contributed by atoms with Gasteiger partial charge in [-0.05, 0) is 19.4 Å². The van der Waals surface area contributed by atoms with Gasteiger partial charge < -0.3 is 20.1 Å². The van der Waals surface area contributed by atoms with Crippen LogP contribution in [0.25, 0.3) is 0 Å². The molecule has 0 aromatic heterocycles. The molecule has 1 heterocycles. The molecule has 1 aliphatic heterocycles. The first-order chi connectivity index (χ1) is 10.6. The van der Waals surface area contributed by atoms with Crippen LogP contribution in [0.3, 0.4) is 0 Å². The second-order valence-electron chi connectivity index (χ2n) is 5.63. The van der Waals surface area contributed by atoms with Crippen LogP contribution in [0.1, 0.15) is 25.3 Å². The van der Waals surface area contributed by atoms with Crippen molar-refractivity contribution in [2.24, 2.45) is 5.73 Å². The van der Waals surface area contributed by atoms with E-state index < -0.39 is 6.10 Å². The molecular formula is C17H27ClN2O3. The number of likely N-dealkylation sites (tertiary alicyclic amines) is 1. The number of hydrogen-bond donors (Lipinski definition) is 1. The van der Waals surface area contributed by atoms with Gasteiger partial charge >= 0.3 is 0 Å². The number of ether oxygens (including phenoxy) is 2. The topological polar surface area (TPSA) is 64.8 Å². The first kappa shape index (κ1) is 19.9. The molecule has 6 heteroatoms. The zero-order valence-electron chi connectivity index (χ0n) is 13.8. The van der Waals surface area contributed by atoms with E-state index in [-0.39, 0.29) is 30.3 Å². The average Bonchev–Trinajstić information content (AvgIpc) is 2.93. The van der Waals surface area contributed by atoms with Gasteiger partial charge in [0, 0.05) is 31.7 Å². The lowest BCUT2D eigenvalue weighted by molar-refractivity contribution is -0.142. The molecule has 1 fully saturated rings. The molecule has 0 spiro atoms. The lowest BCUT2D eigenvalue weighted by atomic mass is 9.95. The summed E-state index contributed by atoms with van der Waals surface area (Å²) in [5.74, 6) is 0.200. The Morgan fingerprint density at radius 2 is 2.00 bits per heavy atom. The van der Waals surface area contributed by atoms with Gasteiger partial charge in [0.05, 0.1) is 13.2 Å². The largest absolute Gasteiger partial charge is 0.379 e. The third-order valence-corrected chi connectivity index (χ3v) is 4.05. The number of carbonyl (C=O) groups excluding carboxylic acids is 1. The van der Waals surface area contributed by atoms with Crippen LogP contribution in [0, 0.1) is 0 Å². The van der Waals surface area contributed by atoms with E-state index in [0.29, 0.717) is 32.9 Å². The highest BCUT2D eigenvalue weighted by atomic mass is 35.5. The van der Waals surface area contributed by atoms with Crippen molar-refractivity contribution in [2.45, 2.75) is 31.9 Å². The van der Waals surface area contributed by atoms with Gasteiger partial charge in [-0.3, -0.25) is 4.79 Å². The highest BCUT2D eigenvalue weighted by Crippen LogP contribution is 2.26. The highest BCUT2D eigenvalue weighted by Gasteiger charge is 2.35. The maximum atomic E-state index is 12.4. The van der Waals surface area contributed by atoms with Crippen LogP contribution in [0.5, 0.6) is 0 Å². The number of amides is 1. The second-order valence-corrected chi connectivity index (χ2v) is 5.63. The van der Waals surface area contributed by atoms with E-state index in [1.54, 1.807) is 6.92 Å². The van der Waals surface area contributed by atoms with E-state index in [1.807, 2.05) is 30.0 Å². The molecule has 23 heavy (non-hydrogen) atoms. The Morgan fingerprint density at radius 1 is 1.30 bits per heavy atom. The molecule has 1 saturated heterocycles. The van der Waals surface area contributed by atoms with Gasteiger partial charge in [-0.15, -0.1) is 12.4 Å². The Hall–Kier alpha value is -1.14. The van der Waals surface area contributed by atoms with Crippen molar-refractivity contribution in [1.29, 1.82) is 0 Å². The fourth-order valence-corrected chi connectivity index (χ4v) is 2.82. The summed E-state index contributed by atoms with van der Waals surface area (Å²) in [4.78, 5) is 14.2. The van der Waals surface area contributed by atoms with Gasteiger partial charge in [0.15, 0.2) is 0 Å². The van der Waals surface area contributed by atoms with Crippen molar-refractivity contribution in [2.75, 3.05) is 32.9 Å². The number of carbonyl (C=O) groups is 1. The van der Waals surface area contributed by atoms with Gasteiger partial charge in [-0.1, -0.05) is 30.3 Å². The average molecular weight is 343 g/mol. The molecule has 130 valence electrons. The molecule has 1 aromatic carbocycles. The van der Waals surface area contributed by atoms with Crippen LogP contribution in [-0.2, 0) is 14.3 Å². The van der Waals surface area contributed by atoms with Crippen molar-refractivity contribution in [3.63, 3.8) is 0 Å². The Labute approximate surface area is 144 Å². The lowest BCUT2D eigenvalue weighted by Crippen LogP contribution is -2.39. The second kappa shape index (κ2) is 9.88. The molecule has 1 aromatic rings. The lowest BCUT2D eigenvalue weighted by Gasteiger charge is -2.21. The summed E-state index contributed by atoms with van der Waals surface area (Å²) in [5.41, 5.74) is 7.41. The number of nitrogens with two attached hydrogens (primary N) is 1. The van der Waals surface area contributed by atoms with Crippen molar-refractivity contribution in [3.05, 3.63) is 35.9 Å². The van der Waals surface area contributed by atoms with Crippen LogP contribution < -0.4 is 5.73 Å². The molecule has 1 amide bonds. The summed E-state index contributed by atoms with van der Waals surface area (Å²) in [6.07, 6.45) is -0.456. The quantitative estimate of drug-likeness (QED) is 0.767. The first-order valence-electron chi connectivity index (χ1n) is 7.92. The van der Waals surface area contributed by atoms with Crippen molar-refractivity contribution >= 4 is 18.3 Å². The van der Waals surface area contributed by atoms with E-state index in [1.165, 1.54) is 5.56 Å². The highest BCUT2D eigenvalue weighted by molar-refractivity contribution is 5.85. The fraction of sp³-hybridized carbons (Fsp3) is 0.588. The van der Waals surface area contributed by atoms with Crippen molar-refractivity contribution in [3.8, 4) is 0 Å². The molecular weight excluding hydrogens is 316 g/mol. The Bertz CT molecular complexity index is 472. The number of halogens is 1. The number of rotatable bonds is 7. The van der Waals surface area contributed by atoms with Gasteiger partial charge in [-0.2, -0.15) is 0 Å². The van der Waals surface area contributed by atoms with Gasteiger partial charge in [-0.25, -0.2) is 0 Å². The summed E-state index contributed by atoms with van der Waals surface area (Å²) in [6, 6.07) is 10.1. The van der Waals surface area contributed by atoms with E-state index in [4.69, 9.17) is 15.2 Å². The molecule has 1 aliphatic rings. The minimum Gasteiger partial charge on any atom is -0.379 e. The zero-order chi connectivity index (χ0) is 15.9. The van der Waals surface area contributed by atoms with E-state index in [0.717, 1.165) is 0 Å². The van der Waals surface area contributed by atoms with Crippen LogP contribution in [-0.4, -0.2) is 55.9 Å². The fourth-order valence-electron chi connectivity index (χ4n) is 2.82. The summed E-state index contributed by atoms with van der Waals surface area (Å²) in [6.45, 7) is 6.56. The van der Waals surface area contributed by atoms with E-state index in [9.17, 15) is 4.79 Å². The Morgan fingerprint density at radius 3 is 2.65 bits per heavy atom. The van der Waals surface area contributed by atoms with E-state index in [2.05, 4.69) is 12.1 Å². The number of hydrogen-bond acceptors (Lipinski definition) is 4. The number of benzene rings is 1. The minimum atomic E-state index is -0.456. The monoisotopic (exact) mass is 342 g/mol. The Balaban J connectivity index is 0.00000264. The van der Waals surface area contributed by atoms with Crippen LogP contribution in [0.4, 0.5) is 0 Å². The normalized spacial score (nSPS) is 21.8. The molecule has 0 bridgehead atoms. The third kappa shape index (κ3) is 5.46. The molecule has 0 saturated carbocycles. The SMILES string of the molecule is CCOCCOC(C)C(=O)N1C[C@@H](N)[C@H](c2ccccc2)C1.Cl. The summed E-state index contributed by atoms with van der Waals surface area (Å²) < 4.78 is 10.7. The zero-order valence-corrected chi connectivity index (χ0v) is 14.6. The summed E-state index contributed by atoms with van der Waals surface area (Å²) in [7, 11) is 0. The smallest absolute Gasteiger partial charge is 0.251 e. The summed E-state index contributed by atoms with van der Waals surface area (Å²) >= 11 is 0. The van der Waals surface area contributed by atoms with Gasteiger partial charge in [0.1, 0.15) is 6.10 Å². The first-order valence-corrected chi connectivity index (χ1v) is 7.92. The standard InChI is InChI=1S/C17H26N2O3.ClH/c1-3-21-9-10-22-13(2)17(20)19-11-15(16(18)12-19)14-7-5-4-6-8-14;/h4-8,13,15-16H,3,9-12,18H2,1-2H3;1H/t13?,15-,16+;/m0./s1. The molecule has 0 radical (unpaired) electrons. The maximum Gasteiger partial charge on any atom is 0.251 e. The van der Waals surface area contributed by atoms with Crippen LogP contribution in [0.15, 0.2) is 30.3 Å². The predicted octanol–water partition coefficient (Wildman–Crippen LogP) is 1.80. The predicted molar refractivity (Wildman–Crippen MR) is 92.9 cm³/mol. The summed E-state index contributed by atoms with van der Waals surface area (Å²) in [5, 5.41) is 0. The van der Waals surface area contributed by atoms with Crippen molar-refractivity contribution < 1.29 is 14.3 Å². The number of nitrogens with zero attached hydrogens (tertiary/aromatic N) is 1. The Kier molecular flexibility index (Phi) is 8.55.